The van der Waals surface area contributed by atoms with E-state index in [1.54, 1.807) is 0 Å². The Labute approximate surface area is 186 Å². The summed E-state index contributed by atoms with van der Waals surface area (Å²) in [5, 5.41) is 5.03. The maximum Gasteiger partial charge on any atom is 0.114 e. The summed E-state index contributed by atoms with van der Waals surface area (Å²) >= 11 is 6.32. The van der Waals surface area contributed by atoms with Gasteiger partial charge in [-0.25, -0.2) is 0 Å². The second-order valence-electron chi connectivity index (χ2n) is 7.27. The van der Waals surface area contributed by atoms with Gasteiger partial charge in [-0.05, 0) is 45.5 Å². The highest BCUT2D eigenvalue weighted by Gasteiger charge is 2.13. The minimum Gasteiger partial charge on any atom is -0.438 e. The summed E-state index contributed by atoms with van der Waals surface area (Å²) < 4.78 is 0. The first-order valence-electron chi connectivity index (χ1n) is 10.1. The van der Waals surface area contributed by atoms with Crippen LogP contribution in [0.15, 0.2) is 119 Å². The number of hydrogen-bond donors (Lipinski definition) is 0. The molecule has 0 aliphatic carbocycles. The van der Waals surface area contributed by atoms with Crippen molar-refractivity contribution in [3.8, 4) is 22.3 Å². The molecule has 1 unspecified atom stereocenters. The van der Waals surface area contributed by atoms with Gasteiger partial charge < -0.3 is 10.3 Å². The first-order chi connectivity index (χ1) is 15.3. The lowest BCUT2D eigenvalue weighted by Crippen LogP contribution is -2.12. The number of aliphatic imine (C=N–C) groups is 2. The molecule has 0 aromatic heterocycles. The Balaban J connectivity index is 1.45. The molecule has 0 N–H and O–H groups in total. The van der Waals surface area contributed by atoms with E-state index in [0.29, 0.717) is 5.84 Å². The minimum absolute atomic E-state index is 0.213. The molecule has 150 valence electrons. The molecule has 0 amide bonds. The number of amidine groups is 2. The van der Waals surface area contributed by atoms with Crippen molar-refractivity contribution in [2.75, 3.05) is 0 Å². The second-order valence-corrected chi connectivity index (χ2v) is 7.61. The maximum absolute atomic E-state index is 6.32. The van der Waals surface area contributed by atoms with Crippen LogP contribution in [-0.4, -0.2) is 11.1 Å². The van der Waals surface area contributed by atoms with Crippen molar-refractivity contribution < 1.29 is 0 Å². The normalized spacial score (nSPS) is 15.6. The molecule has 0 fully saturated rings. The standard InChI is InChI=1S/C27H19ClN3/c28-27-30-25(23-15-7-13-21(17-23)19-9-3-1-4-10-19)29-26(31-27)24-16-8-14-22(18-24)20-11-5-2-6-12-20/h1-18,25H/q-1. The summed E-state index contributed by atoms with van der Waals surface area (Å²) in [6, 6.07) is 37.0. The van der Waals surface area contributed by atoms with E-state index in [0.717, 1.165) is 33.4 Å². The quantitative estimate of drug-likeness (QED) is 0.307. The number of benzene rings is 4. The zero-order chi connectivity index (χ0) is 21.0. The average Bonchev–Trinajstić information content (AvgIpc) is 2.85. The number of rotatable bonds is 4. The van der Waals surface area contributed by atoms with E-state index in [4.69, 9.17) is 16.9 Å². The van der Waals surface area contributed by atoms with E-state index in [1.807, 2.05) is 60.7 Å². The first kappa shape index (κ1) is 19.3. The van der Waals surface area contributed by atoms with Crippen LogP contribution in [0, 0.1) is 0 Å². The van der Waals surface area contributed by atoms with Gasteiger partial charge in [0, 0.05) is 0 Å². The molecular weight excluding hydrogens is 402 g/mol. The molecule has 3 nitrogen and oxygen atoms in total. The van der Waals surface area contributed by atoms with Gasteiger partial charge in [0.25, 0.3) is 0 Å². The van der Waals surface area contributed by atoms with Gasteiger partial charge in [-0.2, -0.15) is 0 Å². The smallest absolute Gasteiger partial charge is 0.114 e. The van der Waals surface area contributed by atoms with Gasteiger partial charge in [-0.3, -0.25) is 4.99 Å². The Bertz CT molecular complexity index is 1260. The highest BCUT2D eigenvalue weighted by atomic mass is 35.5. The van der Waals surface area contributed by atoms with E-state index >= 15 is 0 Å². The van der Waals surface area contributed by atoms with Gasteiger partial charge in [0.05, 0.1) is 6.17 Å². The van der Waals surface area contributed by atoms with Crippen molar-refractivity contribution in [2.45, 2.75) is 6.17 Å². The van der Waals surface area contributed by atoms with Crippen LogP contribution >= 0.6 is 11.6 Å². The predicted molar refractivity (Wildman–Crippen MR) is 130 cm³/mol. The fraction of sp³-hybridized carbons (Fsp3) is 0.0370. The third-order valence-electron chi connectivity index (χ3n) is 5.19. The zero-order valence-electron chi connectivity index (χ0n) is 16.7. The Morgan fingerprint density at radius 3 is 1.81 bits per heavy atom. The van der Waals surface area contributed by atoms with Crippen LogP contribution in [0.1, 0.15) is 17.3 Å². The minimum atomic E-state index is -0.427. The molecule has 0 saturated carbocycles. The molecule has 0 spiro atoms. The summed E-state index contributed by atoms with van der Waals surface area (Å²) in [5.41, 5.74) is 6.42. The van der Waals surface area contributed by atoms with Crippen LogP contribution in [0.4, 0.5) is 0 Å². The lowest BCUT2D eigenvalue weighted by atomic mass is 10.0. The van der Waals surface area contributed by atoms with Crippen molar-refractivity contribution in [1.29, 1.82) is 0 Å². The fourth-order valence-corrected chi connectivity index (χ4v) is 3.83. The SMILES string of the molecule is ClC1=NC(c2cccc(-c3ccccc3)c2)[N-]C(c2cccc(-c3ccccc3)c2)=N1. The molecule has 1 aliphatic rings. The maximum atomic E-state index is 6.32. The first-order valence-corrected chi connectivity index (χ1v) is 10.5. The highest BCUT2D eigenvalue weighted by Crippen LogP contribution is 2.33. The van der Waals surface area contributed by atoms with Crippen LogP contribution in [0.25, 0.3) is 27.6 Å². The summed E-state index contributed by atoms with van der Waals surface area (Å²) in [6.45, 7) is 0. The Morgan fingerprint density at radius 2 is 1.13 bits per heavy atom. The molecule has 0 radical (unpaired) electrons. The van der Waals surface area contributed by atoms with E-state index in [9.17, 15) is 0 Å². The van der Waals surface area contributed by atoms with Crippen molar-refractivity contribution in [2.24, 2.45) is 9.98 Å². The Hall–Kier alpha value is -3.69. The van der Waals surface area contributed by atoms with Crippen LogP contribution in [0.5, 0.6) is 0 Å². The van der Waals surface area contributed by atoms with Crippen LogP contribution in [-0.2, 0) is 0 Å². The molecule has 5 rings (SSSR count). The van der Waals surface area contributed by atoms with Crippen molar-refractivity contribution in [1.82, 2.24) is 0 Å². The van der Waals surface area contributed by atoms with Crippen molar-refractivity contribution in [3.05, 3.63) is 126 Å². The van der Waals surface area contributed by atoms with Crippen LogP contribution < -0.4 is 0 Å². The van der Waals surface area contributed by atoms with Crippen molar-refractivity contribution in [3.63, 3.8) is 0 Å². The molecule has 4 heteroatoms. The average molecular weight is 421 g/mol. The third-order valence-corrected chi connectivity index (χ3v) is 5.37. The zero-order valence-corrected chi connectivity index (χ0v) is 17.4. The monoisotopic (exact) mass is 420 g/mol. The number of hydrogen-bond acceptors (Lipinski definition) is 2. The number of nitrogens with zero attached hydrogens (tertiary/aromatic N) is 3. The molecule has 1 aliphatic heterocycles. The Kier molecular flexibility index (Phi) is 5.34. The molecule has 1 heterocycles. The summed E-state index contributed by atoms with van der Waals surface area (Å²) in [6.07, 6.45) is -0.427. The Morgan fingerprint density at radius 1 is 0.581 bits per heavy atom. The van der Waals surface area contributed by atoms with E-state index in [1.165, 1.54) is 0 Å². The molecular formula is C27H19ClN3-. The lowest BCUT2D eigenvalue weighted by molar-refractivity contribution is 0.883. The second kappa shape index (κ2) is 8.58. The van der Waals surface area contributed by atoms with E-state index < -0.39 is 6.17 Å². The number of halogens is 1. The van der Waals surface area contributed by atoms with Gasteiger partial charge in [0.15, 0.2) is 0 Å². The van der Waals surface area contributed by atoms with Gasteiger partial charge >= 0.3 is 0 Å². The molecule has 1 atom stereocenters. The lowest BCUT2D eigenvalue weighted by Gasteiger charge is -2.31. The largest absolute Gasteiger partial charge is 0.438 e. The predicted octanol–water partition coefficient (Wildman–Crippen LogP) is 7.45. The van der Waals surface area contributed by atoms with Gasteiger partial charge in [0.2, 0.25) is 0 Å². The van der Waals surface area contributed by atoms with E-state index in [-0.39, 0.29) is 5.29 Å². The van der Waals surface area contributed by atoms with Gasteiger partial charge in [0.1, 0.15) is 5.29 Å². The van der Waals surface area contributed by atoms with Gasteiger partial charge in [-0.1, -0.05) is 114 Å². The summed E-state index contributed by atoms with van der Waals surface area (Å²) in [4.78, 5) is 8.88. The molecule has 31 heavy (non-hydrogen) atoms. The summed E-state index contributed by atoms with van der Waals surface area (Å²) in [7, 11) is 0. The molecule has 4 aromatic carbocycles. The molecule has 0 saturated heterocycles. The third kappa shape index (κ3) is 4.27. The van der Waals surface area contributed by atoms with E-state index in [2.05, 4.69) is 58.5 Å². The summed E-state index contributed by atoms with van der Waals surface area (Å²) in [5.74, 6) is 0.591. The fourth-order valence-electron chi connectivity index (χ4n) is 3.66. The van der Waals surface area contributed by atoms with Crippen molar-refractivity contribution >= 4 is 22.7 Å². The highest BCUT2D eigenvalue weighted by molar-refractivity contribution is 6.66. The topological polar surface area (TPSA) is 38.8 Å². The van der Waals surface area contributed by atoms with Crippen LogP contribution in [0.2, 0.25) is 0 Å². The van der Waals surface area contributed by atoms with Gasteiger partial charge in [-0.15, -0.1) is 0 Å². The molecule has 4 aromatic rings. The molecule has 0 bridgehead atoms. The van der Waals surface area contributed by atoms with Crippen LogP contribution in [0.3, 0.4) is 0 Å².